The first-order valence-corrected chi connectivity index (χ1v) is 6.24. The van der Waals surface area contributed by atoms with Crippen LogP contribution in [0.4, 0.5) is 0 Å². The van der Waals surface area contributed by atoms with Crippen LogP contribution in [0.3, 0.4) is 0 Å². The molecule has 0 saturated carbocycles. The van der Waals surface area contributed by atoms with E-state index in [4.69, 9.17) is 4.52 Å². The van der Waals surface area contributed by atoms with Gasteiger partial charge < -0.3 is 9.84 Å². The van der Waals surface area contributed by atoms with Crippen LogP contribution < -0.4 is 5.32 Å². The van der Waals surface area contributed by atoms with Crippen LogP contribution in [0.15, 0.2) is 23.0 Å². The molecule has 0 amide bonds. The second-order valence-electron chi connectivity index (χ2n) is 4.70. The molecule has 98 valence electrons. The van der Waals surface area contributed by atoms with Gasteiger partial charge in [-0.25, -0.2) is 0 Å². The topological polar surface area (TPSA) is 55.9 Å². The summed E-state index contributed by atoms with van der Waals surface area (Å²) >= 11 is 0. The Kier molecular flexibility index (Phi) is 3.81. The molecule has 2 atom stereocenters. The average molecular weight is 248 g/mol. The van der Waals surface area contributed by atoms with Crippen molar-refractivity contribution in [2.24, 2.45) is 0 Å². The summed E-state index contributed by atoms with van der Waals surface area (Å²) < 4.78 is 7.12. The molecule has 2 aromatic heterocycles. The van der Waals surface area contributed by atoms with Crippen molar-refractivity contribution in [3.63, 3.8) is 0 Å². The molecule has 0 bridgehead atoms. The molecule has 18 heavy (non-hydrogen) atoms. The molecule has 0 spiro atoms. The maximum Gasteiger partial charge on any atom is 0.138 e. The van der Waals surface area contributed by atoms with Gasteiger partial charge in [-0.1, -0.05) is 5.16 Å². The van der Waals surface area contributed by atoms with Crippen LogP contribution in [0.5, 0.6) is 0 Å². The first-order valence-electron chi connectivity index (χ1n) is 6.24. The van der Waals surface area contributed by atoms with Gasteiger partial charge in [-0.3, -0.25) is 4.68 Å². The smallest absolute Gasteiger partial charge is 0.138 e. The minimum absolute atomic E-state index is 0.306. The third kappa shape index (κ3) is 2.61. The predicted molar refractivity (Wildman–Crippen MR) is 69.2 cm³/mol. The fourth-order valence-corrected chi connectivity index (χ4v) is 1.94. The van der Waals surface area contributed by atoms with E-state index in [1.807, 2.05) is 30.8 Å². The lowest BCUT2D eigenvalue weighted by atomic mass is 10.1. The van der Waals surface area contributed by atoms with Gasteiger partial charge in [-0.15, -0.1) is 0 Å². The van der Waals surface area contributed by atoms with E-state index in [1.165, 1.54) is 0 Å². The number of hydrogen-bond acceptors (Lipinski definition) is 4. The Balaban J connectivity index is 1.94. The van der Waals surface area contributed by atoms with Crippen LogP contribution in [0.2, 0.25) is 0 Å². The van der Waals surface area contributed by atoms with Crippen molar-refractivity contribution in [2.45, 2.75) is 46.3 Å². The van der Waals surface area contributed by atoms with Gasteiger partial charge in [-0.05, 0) is 33.8 Å². The Hall–Kier alpha value is -1.62. The number of hydrogen-bond donors (Lipinski definition) is 1. The zero-order chi connectivity index (χ0) is 13.1. The Labute approximate surface area is 107 Å². The molecule has 2 unspecified atom stereocenters. The van der Waals surface area contributed by atoms with Crippen LogP contribution >= 0.6 is 0 Å². The molecule has 2 heterocycles. The van der Waals surface area contributed by atoms with Gasteiger partial charge in [-0.2, -0.15) is 5.10 Å². The summed E-state index contributed by atoms with van der Waals surface area (Å²) in [6.07, 6.45) is 3.79. The number of nitrogens with one attached hydrogen (secondary N) is 1. The molecule has 0 aliphatic rings. The Bertz CT molecular complexity index is 470. The van der Waals surface area contributed by atoms with Crippen molar-refractivity contribution >= 4 is 0 Å². The van der Waals surface area contributed by atoms with Gasteiger partial charge in [0.2, 0.25) is 0 Å². The van der Waals surface area contributed by atoms with Crippen LogP contribution in [0.25, 0.3) is 0 Å². The van der Waals surface area contributed by atoms with Gasteiger partial charge in [0.15, 0.2) is 0 Å². The summed E-state index contributed by atoms with van der Waals surface area (Å²) in [5.74, 6) is 0.888. The number of rotatable bonds is 5. The molecule has 0 fully saturated rings. The summed E-state index contributed by atoms with van der Waals surface area (Å²) in [5, 5.41) is 11.7. The first-order chi connectivity index (χ1) is 8.59. The lowest BCUT2D eigenvalue weighted by Crippen LogP contribution is -2.33. The lowest BCUT2D eigenvalue weighted by molar-refractivity contribution is 0.362. The maximum atomic E-state index is 5.15. The Morgan fingerprint density at radius 3 is 2.72 bits per heavy atom. The molecular formula is C13H20N4O. The van der Waals surface area contributed by atoms with Gasteiger partial charge in [0.1, 0.15) is 5.76 Å². The maximum absolute atomic E-state index is 5.15. The minimum atomic E-state index is 0.306. The molecule has 5 nitrogen and oxygen atoms in total. The largest absolute Gasteiger partial charge is 0.361 e. The van der Waals surface area contributed by atoms with Gasteiger partial charge >= 0.3 is 0 Å². The SMILES string of the molecule is Cc1noc(C)c1CNC(C)C(C)n1cccn1. The van der Waals surface area contributed by atoms with E-state index in [0.29, 0.717) is 12.1 Å². The van der Waals surface area contributed by atoms with Crippen LogP contribution in [0, 0.1) is 13.8 Å². The fourth-order valence-electron chi connectivity index (χ4n) is 1.94. The van der Waals surface area contributed by atoms with E-state index >= 15 is 0 Å². The molecule has 0 radical (unpaired) electrons. The van der Waals surface area contributed by atoms with E-state index in [-0.39, 0.29) is 0 Å². The van der Waals surface area contributed by atoms with Crippen molar-refractivity contribution in [3.8, 4) is 0 Å². The number of aryl methyl sites for hydroxylation is 2. The lowest BCUT2D eigenvalue weighted by Gasteiger charge is -2.21. The molecule has 0 aliphatic heterocycles. The zero-order valence-electron chi connectivity index (χ0n) is 11.3. The first kappa shape index (κ1) is 12.8. The Morgan fingerprint density at radius 1 is 1.39 bits per heavy atom. The number of aromatic nitrogens is 3. The quantitative estimate of drug-likeness (QED) is 0.881. The van der Waals surface area contributed by atoms with E-state index < -0.39 is 0 Å². The monoisotopic (exact) mass is 248 g/mol. The summed E-state index contributed by atoms with van der Waals surface area (Å²) in [6.45, 7) is 8.99. The second-order valence-corrected chi connectivity index (χ2v) is 4.70. The highest BCUT2D eigenvalue weighted by atomic mass is 16.5. The van der Waals surface area contributed by atoms with Crippen molar-refractivity contribution in [1.29, 1.82) is 0 Å². The molecule has 0 saturated heterocycles. The van der Waals surface area contributed by atoms with Crippen molar-refractivity contribution in [2.75, 3.05) is 0 Å². The minimum Gasteiger partial charge on any atom is -0.361 e. The molecule has 2 rings (SSSR count). The van der Waals surface area contributed by atoms with Crippen molar-refractivity contribution in [3.05, 3.63) is 35.5 Å². The summed E-state index contributed by atoms with van der Waals surface area (Å²) in [7, 11) is 0. The molecule has 2 aromatic rings. The molecule has 5 heteroatoms. The third-order valence-corrected chi connectivity index (χ3v) is 3.45. The molecule has 0 aromatic carbocycles. The summed E-state index contributed by atoms with van der Waals surface area (Å²) in [5.41, 5.74) is 2.11. The number of nitrogens with zero attached hydrogens (tertiary/aromatic N) is 3. The summed E-state index contributed by atoms with van der Waals surface area (Å²) in [6, 6.07) is 2.57. The predicted octanol–water partition coefficient (Wildman–Crippen LogP) is 2.23. The van der Waals surface area contributed by atoms with Gasteiger partial charge in [0, 0.05) is 30.5 Å². The molecule has 0 aliphatic carbocycles. The van der Waals surface area contributed by atoms with Gasteiger partial charge in [0.05, 0.1) is 11.7 Å². The van der Waals surface area contributed by atoms with E-state index in [2.05, 4.69) is 29.4 Å². The van der Waals surface area contributed by atoms with Crippen LogP contribution in [-0.4, -0.2) is 21.0 Å². The van der Waals surface area contributed by atoms with E-state index in [9.17, 15) is 0 Å². The average Bonchev–Trinajstić information content (AvgIpc) is 2.97. The highest BCUT2D eigenvalue weighted by Crippen LogP contribution is 2.14. The molecule has 1 N–H and O–H groups in total. The van der Waals surface area contributed by atoms with Crippen LogP contribution in [0.1, 0.15) is 36.9 Å². The Morgan fingerprint density at radius 2 is 2.17 bits per heavy atom. The van der Waals surface area contributed by atoms with Crippen molar-refractivity contribution in [1.82, 2.24) is 20.3 Å². The second kappa shape index (κ2) is 5.35. The van der Waals surface area contributed by atoms with E-state index in [0.717, 1.165) is 23.6 Å². The van der Waals surface area contributed by atoms with E-state index in [1.54, 1.807) is 6.20 Å². The zero-order valence-corrected chi connectivity index (χ0v) is 11.3. The standard InChI is InChI=1S/C13H20N4O/c1-9(11(3)17-7-5-6-15-17)14-8-13-10(2)16-18-12(13)4/h5-7,9,11,14H,8H2,1-4H3. The van der Waals surface area contributed by atoms with Crippen LogP contribution in [-0.2, 0) is 6.54 Å². The molecular weight excluding hydrogens is 228 g/mol. The normalized spacial score (nSPS) is 14.7. The third-order valence-electron chi connectivity index (χ3n) is 3.45. The van der Waals surface area contributed by atoms with Gasteiger partial charge in [0.25, 0.3) is 0 Å². The highest BCUT2D eigenvalue weighted by Gasteiger charge is 2.15. The summed E-state index contributed by atoms with van der Waals surface area (Å²) in [4.78, 5) is 0. The van der Waals surface area contributed by atoms with Crippen molar-refractivity contribution < 1.29 is 4.52 Å². The highest BCUT2D eigenvalue weighted by molar-refractivity contribution is 5.20. The fraction of sp³-hybridized carbons (Fsp3) is 0.538.